The van der Waals surface area contributed by atoms with E-state index >= 15 is 0 Å². The van der Waals surface area contributed by atoms with E-state index in [0.29, 0.717) is 10.9 Å². The number of piperazine rings is 1. The molecule has 1 aliphatic heterocycles. The van der Waals surface area contributed by atoms with Crippen LogP contribution in [-0.2, 0) is 6.54 Å². The van der Waals surface area contributed by atoms with Crippen LogP contribution in [0.15, 0.2) is 65.3 Å². The van der Waals surface area contributed by atoms with Crippen molar-refractivity contribution in [1.29, 1.82) is 0 Å². The number of rotatable bonds is 4. The predicted octanol–water partition coefficient (Wildman–Crippen LogP) is 4.32. The van der Waals surface area contributed by atoms with Crippen LogP contribution in [0.4, 0.5) is 5.69 Å². The molecule has 0 saturated carbocycles. The van der Waals surface area contributed by atoms with Gasteiger partial charge in [0.15, 0.2) is 0 Å². The molecule has 2 aromatic carbocycles. The largest absolute Gasteiger partial charge is 0.444 e. The zero-order valence-electron chi connectivity index (χ0n) is 13.9. The quantitative estimate of drug-likeness (QED) is 0.699. The number of anilines is 1. The minimum absolute atomic E-state index is 0.625. The summed E-state index contributed by atoms with van der Waals surface area (Å²) in [6, 6.07) is 18.2. The van der Waals surface area contributed by atoms with Gasteiger partial charge in [0.25, 0.3) is 0 Å². The first-order chi connectivity index (χ1) is 12.3. The average molecular weight is 354 g/mol. The van der Waals surface area contributed by atoms with Crippen molar-refractivity contribution in [1.82, 2.24) is 9.88 Å². The summed E-state index contributed by atoms with van der Waals surface area (Å²) >= 11 is 6.04. The average Bonchev–Trinajstić information content (AvgIpc) is 3.12. The molecular formula is C20H20ClN3O. The van der Waals surface area contributed by atoms with Gasteiger partial charge in [-0.25, -0.2) is 4.98 Å². The van der Waals surface area contributed by atoms with Crippen LogP contribution < -0.4 is 4.90 Å². The Balaban J connectivity index is 1.36. The fraction of sp³-hybridized carbons (Fsp3) is 0.250. The van der Waals surface area contributed by atoms with Crippen molar-refractivity contribution in [2.75, 3.05) is 31.1 Å². The molecule has 4 nitrogen and oxygen atoms in total. The van der Waals surface area contributed by atoms with Crippen LogP contribution >= 0.6 is 11.6 Å². The number of hydrogen-bond donors (Lipinski definition) is 0. The van der Waals surface area contributed by atoms with Gasteiger partial charge in [-0.3, -0.25) is 4.90 Å². The monoisotopic (exact) mass is 353 g/mol. The third kappa shape index (κ3) is 3.86. The number of nitrogens with zero attached hydrogens (tertiary/aromatic N) is 3. The van der Waals surface area contributed by atoms with E-state index in [4.69, 9.17) is 16.0 Å². The highest BCUT2D eigenvalue weighted by molar-refractivity contribution is 6.30. The van der Waals surface area contributed by atoms with Crippen LogP contribution in [-0.4, -0.2) is 36.1 Å². The van der Waals surface area contributed by atoms with Gasteiger partial charge in [-0.1, -0.05) is 35.9 Å². The number of para-hydroxylation sites is 1. The highest BCUT2D eigenvalue weighted by atomic mass is 35.5. The fourth-order valence-electron chi connectivity index (χ4n) is 3.17. The molecule has 0 N–H and O–H groups in total. The molecule has 5 heteroatoms. The number of halogens is 1. The van der Waals surface area contributed by atoms with Gasteiger partial charge in [-0.15, -0.1) is 0 Å². The lowest BCUT2D eigenvalue weighted by molar-refractivity contribution is 0.247. The molecule has 1 aromatic heterocycles. The molecule has 0 bridgehead atoms. The smallest absolute Gasteiger partial charge is 0.226 e. The lowest BCUT2D eigenvalue weighted by Crippen LogP contribution is -2.46. The molecule has 2 heterocycles. The molecule has 128 valence electrons. The standard InChI is InChI=1S/C20H20ClN3O/c21-17-6-4-5-16(13-17)20-22-18(15-25-20)14-23-9-11-24(12-10-23)19-7-2-1-3-8-19/h1-8,13,15H,9-12,14H2. The van der Waals surface area contributed by atoms with Crippen molar-refractivity contribution in [2.45, 2.75) is 6.54 Å². The van der Waals surface area contributed by atoms with Crippen molar-refractivity contribution in [3.63, 3.8) is 0 Å². The normalized spacial score (nSPS) is 15.5. The third-order valence-corrected chi connectivity index (χ3v) is 4.74. The molecule has 1 aliphatic rings. The van der Waals surface area contributed by atoms with E-state index in [1.807, 2.05) is 24.3 Å². The van der Waals surface area contributed by atoms with Crippen LogP contribution in [0.1, 0.15) is 5.69 Å². The summed E-state index contributed by atoms with van der Waals surface area (Å²) in [7, 11) is 0. The molecule has 0 atom stereocenters. The summed E-state index contributed by atoms with van der Waals surface area (Å²) in [6.07, 6.45) is 1.75. The summed E-state index contributed by atoms with van der Waals surface area (Å²) in [6.45, 7) is 4.92. The topological polar surface area (TPSA) is 32.5 Å². The van der Waals surface area contributed by atoms with Crippen LogP contribution in [0.5, 0.6) is 0 Å². The second-order valence-electron chi connectivity index (χ2n) is 6.25. The second-order valence-corrected chi connectivity index (χ2v) is 6.69. The summed E-state index contributed by atoms with van der Waals surface area (Å²) in [5.74, 6) is 0.625. The zero-order valence-corrected chi connectivity index (χ0v) is 14.7. The lowest BCUT2D eigenvalue weighted by atomic mass is 10.2. The highest BCUT2D eigenvalue weighted by Gasteiger charge is 2.18. The molecule has 4 rings (SSSR count). The van der Waals surface area contributed by atoms with Crippen molar-refractivity contribution < 1.29 is 4.42 Å². The minimum atomic E-state index is 0.625. The van der Waals surface area contributed by atoms with Gasteiger partial charge in [0, 0.05) is 49.0 Å². The summed E-state index contributed by atoms with van der Waals surface area (Å²) in [5.41, 5.74) is 3.17. The van der Waals surface area contributed by atoms with Gasteiger partial charge < -0.3 is 9.32 Å². The minimum Gasteiger partial charge on any atom is -0.444 e. The van der Waals surface area contributed by atoms with Crippen molar-refractivity contribution in [2.24, 2.45) is 0 Å². The molecule has 1 fully saturated rings. The van der Waals surface area contributed by atoms with E-state index in [9.17, 15) is 0 Å². The third-order valence-electron chi connectivity index (χ3n) is 4.50. The zero-order chi connectivity index (χ0) is 17.1. The van der Waals surface area contributed by atoms with Crippen LogP contribution in [0.25, 0.3) is 11.5 Å². The van der Waals surface area contributed by atoms with E-state index in [1.165, 1.54) is 5.69 Å². The van der Waals surface area contributed by atoms with E-state index in [0.717, 1.165) is 44.0 Å². The van der Waals surface area contributed by atoms with Crippen LogP contribution in [0.2, 0.25) is 5.02 Å². The molecule has 0 aliphatic carbocycles. The Kier molecular flexibility index (Phi) is 4.72. The maximum Gasteiger partial charge on any atom is 0.226 e. The molecule has 0 unspecified atom stereocenters. The molecule has 0 spiro atoms. The summed E-state index contributed by atoms with van der Waals surface area (Å²) in [4.78, 5) is 9.46. The maximum atomic E-state index is 6.04. The van der Waals surface area contributed by atoms with Crippen molar-refractivity contribution in [3.05, 3.63) is 71.6 Å². The molecule has 1 saturated heterocycles. The molecule has 3 aromatic rings. The van der Waals surface area contributed by atoms with Gasteiger partial charge in [0.2, 0.25) is 5.89 Å². The Labute approximate surface area is 152 Å². The number of aromatic nitrogens is 1. The summed E-state index contributed by atoms with van der Waals surface area (Å²) < 4.78 is 5.63. The maximum absolute atomic E-state index is 6.04. The Bertz CT molecular complexity index is 826. The first-order valence-electron chi connectivity index (χ1n) is 8.51. The van der Waals surface area contributed by atoms with Gasteiger partial charge in [0.1, 0.15) is 6.26 Å². The van der Waals surface area contributed by atoms with Crippen molar-refractivity contribution in [3.8, 4) is 11.5 Å². The van der Waals surface area contributed by atoms with Crippen molar-refractivity contribution >= 4 is 17.3 Å². The number of oxazole rings is 1. The van der Waals surface area contributed by atoms with Gasteiger partial charge in [0.05, 0.1) is 5.69 Å². The molecule has 0 radical (unpaired) electrons. The number of benzene rings is 2. The number of hydrogen-bond acceptors (Lipinski definition) is 4. The fourth-order valence-corrected chi connectivity index (χ4v) is 3.36. The highest BCUT2D eigenvalue weighted by Crippen LogP contribution is 2.23. The first kappa shape index (κ1) is 16.2. The lowest BCUT2D eigenvalue weighted by Gasteiger charge is -2.35. The Morgan fingerprint density at radius 3 is 2.52 bits per heavy atom. The van der Waals surface area contributed by atoms with E-state index < -0.39 is 0 Å². The first-order valence-corrected chi connectivity index (χ1v) is 8.88. The Morgan fingerprint density at radius 1 is 0.960 bits per heavy atom. The predicted molar refractivity (Wildman–Crippen MR) is 101 cm³/mol. The summed E-state index contributed by atoms with van der Waals surface area (Å²) in [5, 5.41) is 0.689. The van der Waals surface area contributed by atoms with Gasteiger partial charge >= 0.3 is 0 Å². The Morgan fingerprint density at radius 2 is 1.76 bits per heavy atom. The van der Waals surface area contributed by atoms with Gasteiger partial charge in [-0.2, -0.15) is 0 Å². The van der Waals surface area contributed by atoms with E-state index in [2.05, 4.69) is 45.1 Å². The molecular weight excluding hydrogens is 334 g/mol. The molecule has 25 heavy (non-hydrogen) atoms. The molecule has 0 amide bonds. The SMILES string of the molecule is Clc1cccc(-c2nc(CN3CCN(c4ccccc4)CC3)co2)c1. The Hall–Kier alpha value is -2.30. The van der Waals surface area contributed by atoms with E-state index in [1.54, 1.807) is 6.26 Å². The van der Waals surface area contributed by atoms with E-state index in [-0.39, 0.29) is 0 Å². The van der Waals surface area contributed by atoms with Crippen LogP contribution in [0, 0.1) is 0 Å². The van der Waals surface area contributed by atoms with Crippen LogP contribution in [0.3, 0.4) is 0 Å². The second kappa shape index (κ2) is 7.30. The van der Waals surface area contributed by atoms with Gasteiger partial charge in [-0.05, 0) is 30.3 Å².